The van der Waals surface area contributed by atoms with Crippen molar-refractivity contribution in [3.8, 4) is 0 Å². The number of aliphatic hydroxyl groups is 1. The topological polar surface area (TPSA) is 77.2 Å². The molecule has 2 aromatic carbocycles. The number of nitrogens with zero attached hydrogens (tertiary/aromatic N) is 2. The van der Waals surface area contributed by atoms with Gasteiger partial charge in [-0.05, 0) is 49.1 Å². The Morgan fingerprint density at radius 2 is 1.75 bits per heavy atom. The van der Waals surface area contributed by atoms with E-state index in [0.717, 1.165) is 31.7 Å². The number of carboxylic acids is 1. The standard InChI is InChI=1S/C22H25N3O3/c1-23-19-6-2-17(3-7-19)10-13-25-14-11-22(28,12-15-25)16-24-20-8-4-18(5-9-20)21(26)27/h2-9,24,28H,10-16H2,(H,26,27). The molecular formula is C22H25N3O3. The summed E-state index contributed by atoms with van der Waals surface area (Å²) >= 11 is 0. The van der Waals surface area contributed by atoms with Crippen LogP contribution in [0, 0.1) is 6.57 Å². The third-order valence-electron chi connectivity index (χ3n) is 5.32. The molecule has 1 aliphatic rings. The van der Waals surface area contributed by atoms with Gasteiger partial charge in [0.1, 0.15) is 0 Å². The molecule has 0 unspecified atom stereocenters. The van der Waals surface area contributed by atoms with Gasteiger partial charge in [-0.2, -0.15) is 0 Å². The molecule has 28 heavy (non-hydrogen) atoms. The van der Waals surface area contributed by atoms with Gasteiger partial charge in [-0.3, -0.25) is 0 Å². The molecule has 146 valence electrons. The minimum Gasteiger partial charge on any atom is -0.478 e. The van der Waals surface area contributed by atoms with Gasteiger partial charge in [-0.1, -0.05) is 24.3 Å². The summed E-state index contributed by atoms with van der Waals surface area (Å²) in [6.07, 6.45) is 2.33. The molecule has 3 N–H and O–H groups in total. The van der Waals surface area contributed by atoms with Gasteiger partial charge in [-0.15, -0.1) is 0 Å². The van der Waals surface area contributed by atoms with Crippen molar-refractivity contribution in [2.24, 2.45) is 0 Å². The number of aromatic carboxylic acids is 1. The lowest BCUT2D eigenvalue weighted by molar-refractivity contribution is -0.00971. The van der Waals surface area contributed by atoms with E-state index in [1.807, 2.05) is 24.3 Å². The molecule has 0 bridgehead atoms. The van der Waals surface area contributed by atoms with E-state index in [2.05, 4.69) is 15.1 Å². The molecule has 1 saturated heterocycles. The summed E-state index contributed by atoms with van der Waals surface area (Å²) in [4.78, 5) is 16.7. The number of carbonyl (C=O) groups is 1. The second-order valence-corrected chi connectivity index (χ2v) is 7.33. The summed E-state index contributed by atoms with van der Waals surface area (Å²) in [5, 5.41) is 23.0. The quantitative estimate of drug-likeness (QED) is 0.643. The molecule has 1 fully saturated rings. The number of nitrogens with one attached hydrogen (secondary N) is 1. The van der Waals surface area contributed by atoms with Crippen LogP contribution in [0.3, 0.4) is 0 Å². The Morgan fingerprint density at radius 3 is 2.32 bits per heavy atom. The largest absolute Gasteiger partial charge is 0.478 e. The van der Waals surface area contributed by atoms with E-state index in [0.29, 0.717) is 25.1 Å². The number of rotatable bonds is 7. The maximum Gasteiger partial charge on any atom is 0.335 e. The minimum atomic E-state index is -0.945. The van der Waals surface area contributed by atoms with E-state index in [1.165, 1.54) is 5.56 Å². The summed E-state index contributed by atoms with van der Waals surface area (Å²) in [6.45, 7) is 10.1. The predicted octanol–water partition coefficient (Wildman–Crippen LogP) is 3.42. The van der Waals surface area contributed by atoms with Crippen molar-refractivity contribution >= 4 is 17.3 Å². The average Bonchev–Trinajstić information content (AvgIpc) is 2.73. The summed E-state index contributed by atoms with van der Waals surface area (Å²) in [7, 11) is 0. The molecule has 0 spiro atoms. The Kier molecular flexibility index (Phi) is 6.30. The first-order valence-corrected chi connectivity index (χ1v) is 9.46. The number of piperidine rings is 1. The SMILES string of the molecule is [C-]#[N+]c1ccc(CCN2CCC(O)(CNc3ccc(C(=O)O)cc3)CC2)cc1. The number of hydrogen-bond acceptors (Lipinski definition) is 4. The van der Waals surface area contributed by atoms with Crippen LogP contribution in [0.5, 0.6) is 0 Å². The molecule has 1 aliphatic heterocycles. The van der Waals surface area contributed by atoms with Crippen molar-refractivity contribution in [1.82, 2.24) is 4.90 Å². The lowest BCUT2D eigenvalue weighted by atomic mass is 9.91. The average molecular weight is 379 g/mol. The van der Waals surface area contributed by atoms with Crippen LogP contribution in [-0.4, -0.2) is 52.9 Å². The first kappa shape index (κ1) is 19.9. The van der Waals surface area contributed by atoms with Gasteiger partial charge >= 0.3 is 5.97 Å². The monoisotopic (exact) mass is 379 g/mol. The molecule has 0 amide bonds. The van der Waals surface area contributed by atoms with Crippen LogP contribution in [0.1, 0.15) is 28.8 Å². The van der Waals surface area contributed by atoms with Crippen molar-refractivity contribution in [3.05, 3.63) is 71.1 Å². The zero-order chi connectivity index (χ0) is 20.0. The molecule has 0 saturated carbocycles. The Hall–Kier alpha value is -2.88. The number of benzene rings is 2. The van der Waals surface area contributed by atoms with Crippen molar-refractivity contribution in [2.75, 3.05) is 31.5 Å². The van der Waals surface area contributed by atoms with E-state index in [9.17, 15) is 9.90 Å². The van der Waals surface area contributed by atoms with Crippen LogP contribution in [0.2, 0.25) is 0 Å². The molecule has 0 radical (unpaired) electrons. The molecular weight excluding hydrogens is 354 g/mol. The smallest absolute Gasteiger partial charge is 0.335 e. The summed E-state index contributed by atoms with van der Waals surface area (Å²) in [5.74, 6) is -0.945. The maximum absolute atomic E-state index is 10.9. The number of hydrogen-bond donors (Lipinski definition) is 3. The Balaban J connectivity index is 1.43. The first-order valence-electron chi connectivity index (χ1n) is 9.46. The number of likely N-dealkylation sites (tertiary alicyclic amines) is 1. The fourth-order valence-electron chi connectivity index (χ4n) is 3.39. The summed E-state index contributed by atoms with van der Waals surface area (Å²) in [6, 6.07) is 14.3. The molecule has 3 rings (SSSR count). The van der Waals surface area contributed by atoms with E-state index in [-0.39, 0.29) is 5.56 Å². The Bertz CT molecular complexity index is 833. The second kappa shape index (κ2) is 8.87. The number of carboxylic acid groups (broad SMARTS) is 1. The zero-order valence-corrected chi connectivity index (χ0v) is 15.8. The first-order chi connectivity index (χ1) is 13.5. The molecule has 6 nitrogen and oxygen atoms in total. The molecule has 0 atom stereocenters. The summed E-state index contributed by atoms with van der Waals surface area (Å²) in [5.41, 5.74) is 2.20. The highest BCUT2D eigenvalue weighted by atomic mass is 16.4. The normalized spacial score (nSPS) is 16.3. The minimum absolute atomic E-state index is 0.251. The van der Waals surface area contributed by atoms with E-state index >= 15 is 0 Å². The van der Waals surface area contributed by atoms with Crippen LogP contribution >= 0.6 is 0 Å². The predicted molar refractivity (Wildman–Crippen MR) is 109 cm³/mol. The van der Waals surface area contributed by atoms with E-state index in [1.54, 1.807) is 24.3 Å². The highest BCUT2D eigenvalue weighted by Crippen LogP contribution is 2.23. The van der Waals surface area contributed by atoms with Gasteiger partial charge in [0, 0.05) is 31.9 Å². The van der Waals surface area contributed by atoms with E-state index < -0.39 is 11.6 Å². The van der Waals surface area contributed by atoms with Crippen molar-refractivity contribution in [3.63, 3.8) is 0 Å². The van der Waals surface area contributed by atoms with Crippen molar-refractivity contribution in [2.45, 2.75) is 24.9 Å². The zero-order valence-electron chi connectivity index (χ0n) is 15.8. The van der Waals surface area contributed by atoms with Crippen LogP contribution in [0.25, 0.3) is 4.85 Å². The highest BCUT2D eigenvalue weighted by molar-refractivity contribution is 5.87. The molecule has 2 aromatic rings. The van der Waals surface area contributed by atoms with Gasteiger partial charge in [0.15, 0.2) is 5.69 Å². The van der Waals surface area contributed by atoms with Gasteiger partial charge in [0.25, 0.3) is 0 Å². The molecule has 0 aliphatic carbocycles. The summed E-state index contributed by atoms with van der Waals surface area (Å²) < 4.78 is 0. The molecule has 1 heterocycles. The van der Waals surface area contributed by atoms with E-state index in [4.69, 9.17) is 11.7 Å². The molecule has 6 heteroatoms. The third-order valence-corrected chi connectivity index (χ3v) is 5.32. The Morgan fingerprint density at radius 1 is 1.11 bits per heavy atom. The van der Waals surface area contributed by atoms with Crippen LogP contribution < -0.4 is 5.32 Å². The highest BCUT2D eigenvalue weighted by Gasteiger charge is 2.31. The Labute approximate surface area is 165 Å². The van der Waals surface area contributed by atoms with Crippen LogP contribution in [0.4, 0.5) is 11.4 Å². The van der Waals surface area contributed by atoms with Crippen LogP contribution in [-0.2, 0) is 6.42 Å². The van der Waals surface area contributed by atoms with Crippen molar-refractivity contribution < 1.29 is 15.0 Å². The lowest BCUT2D eigenvalue weighted by Crippen LogP contribution is -2.48. The third kappa shape index (κ3) is 5.32. The fraction of sp³-hybridized carbons (Fsp3) is 0.364. The second-order valence-electron chi connectivity index (χ2n) is 7.33. The molecule has 0 aromatic heterocycles. The van der Waals surface area contributed by atoms with Crippen LogP contribution in [0.15, 0.2) is 48.5 Å². The van der Waals surface area contributed by atoms with Gasteiger partial charge in [0.2, 0.25) is 0 Å². The van der Waals surface area contributed by atoms with Gasteiger partial charge in [0.05, 0.1) is 17.7 Å². The fourth-order valence-corrected chi connectivity index (χ4v) is 3.39. The number of anilines is 1. The van der Waals surface area contributed by atoms with Crippen molar-refractivity contribution in [1.29, 1.82) is 0 Å². The lowest BCUT2D eigenvalue weighted by Gasteiger charge is -2.38. The van der Waals surface area contributed by atoms with Gasteiger partial charge in [-0.25, -0.2) is 9.64 Å². The maximum atomic E-state index is 10.9. The van der Waals surface area contributed by atoms with Gasteiger partial charge < -0.3 is 20.4 Å².